The summed E-state index contributed by atoms with van der Waals surface area (Å²) < 4.78 is 5.59. The Hall–Kier alpha value is -1.59. The van der Waals surface area contributed by atoms with E-state index in [1.807, 2.05) is 7.05 Å². The van der Waals surface area contributed by atoms with Crippen LogP contribution in [0.1, 0.15) is 49.7 Å². The van der Waals surface area contributed by atoms with Crippen LogP contribution in [0.2, 0.25) is 0 Å². The Kier molecular flexibility index (Phi) is 6.77. The van der Waals surface area contributed by atoms with Crippen molar-refractivity contribution in [3.05, 3.63) is 35.4 Å². The molecular formula is C22H35N3O2. The van der Waals surface area contributed by atoms with Crippen molar-refractivity contribution < 1.29 is 9.84 Å². The second kappa shape index (κ2) is 9.07. The summed E-state index contributed by atoms with van der Waals surface area (Å²) in [5, 5.41) is 16.5. The Morgan fingerprint density at radius 1 is 1.19 bits per heavy atom. The topological polar surface area (TPSA) is 65.9 Å². The van der Waals surface area contributed by atoms with E-state index in [4.69, 9.17) is 4.74 Å². The Morgan fingerprint density at radius 3 is 2.59 bits per heavy atom. The minimum Gasteiger partial charge on any atom is -0.396 e. The fourth-order valence-electron chi connectivity index (χ4n) is 4.65. The lowest BCUT2D eigenvalue weighted by atomic mass is 9.78. The molecule has 1 aliphatic carbocycles. The highest BCUT2D eigenvalue weighted by Crippen LogP contribution is 2.40. The number of benzene rings is 1. The van der Waals surface area contributed by atoms with Gasteiger partial charge in [-0.2, -0.15) is 0 Å². The SMILES string of the molecule is CN=C(NCC1(CCO)CCOC1)NCC1(c2cccc(C)c2)CCCC1. The first-order valence-electron chi connectivity index (χ1n) is 10.3. The molecule has 1 atom stereocenters. The number of nitrogens with one attached hydrogen (secondary N) is 2. The second-order valence-corrected chi connectivity index (χ2v) is 8.41. The molecule has 0 radical (unpaired) electrons. The van der Waals surface area contributed by atoms with Crippen molar-refractivity contribution in [2.45, 2.75) is 50.9 Å². The summed E-state index contributed by atoms with van der Waals surface area (Å²) in [5.41, 5.74) is 2.99. The van der Waals surface area contributed by atoms with Crippen LogP contribution in [0.3, 0.4) is 0 Å². The van der Waals surface area contributed by atoms with Crippen molar-refractivity contribution in [3.8, 4) is 0 Å². The van der Waals surface area contributed by atoms with Gasteiger partial charge in [-0.3, -0.25) is 4.99 Å². The Bertz CT molecular complexity index is 632. The van der Waals surface area contributed by atoms with Crippen LogP contribution in [0.4, 0.5) is 0 Å². The largest absolute Gasteiger partial charge is 0.396 e. The number of aliphatic hydroxyl groups excluding tert-OH is 1. The van der Waals surface area contributed by atoms with Gasteiger partial charge < -0.3 is 20.5 Å². The van der Waals surface area contributed by atoms with Crippen LogP contribution in [0.25, 0.3) is 0 Å². The quantitative estimate of drug-likeness (QED) is 0.508. The van der Waals surface area contributed by atoms with Gasteiger partial charge in [-0.25, -0.2) is 0 Å². The van der Waals surface area contributed by atoms with Gasteiger partial charge in [0.05, 0.1) is 6.61 Å². The molecule has 3 N–H and O–H groups in total. The summed E-state index contributed by atoms with van der Waals surface area (Å²) in [6.07, 6.45) is 6.79. The first kappa shape index (κ1) is 20.2. The molecule has 0 aromatic heterocycles. The number of hydrogen-bond donors (Lipinski definition) is 3. The molecule has 150 valence electrons. The predicted octanol–water partition coefficient (Wildman–Crippen LogP) is 2.76. The fourth-order valence-corrected chi connectivity index (χ4v) is 4.65. The lowest BCUT2D eigenvalue weighted by molar-refractivity contribution is 0.127. The van der Waals surface area contributed by atoms with Gasteiger partial charge in [0, 0.05) is 44.2 Å². The molecule has 1 aliphatic heterocycles. The summed E-state index contributed by atoms with van der Waals surface area (Å²) in [6, 6.07) is 8.97. The van der Waals surface area contributed by atoms with E-state index in [1.54, 1.807) is 0 Å². The zero-order valence-electron chi connectivity index (χ0n) is 16.9. The van der Waals surface area contributed by atoms with E-state index in [9.17, 15) is 5.11 Å². The lowest BCUT2D eigenvalue weighted by Crippen LogP contribution is -2.48. The Morgan fingerprint density at radius 2 is 1.96 bits per heavy atom. The van der Waals surface area contributed by atoms with Gasteiger partial charge in [-0.15, -0.1) is 0 Å². The molecule has 2 fully saturated rings. The smallest absolute Gasteiger partial charge is 0.191 e. The van der Waals surface area contributed by atoms with Crippen LogP contribution in [-0.4, -0.2) is 51.0 Å². The standard InChI is InChI=1S/C22H35N3O2/c1-18-6-5-7-19(14-18)22(8-3-4-9-22)16-25-20(23-2)24-15-21(10-12-26)11-13-27-17-21/h5-7,14,26H,3-4,8-13,15-17H2,1-2H3,(H2,23,24,25). The summed E-state index contributed by atoms with van der Waals surface area (Å²) >= 11 is 0. The molecule has 0 spiro atoms. The van der Waals surface area contributed by atoms with E-state index < -0.39 is 0 Å². The first-order valence-corrected chi connectivity index (χ1v) is 10.3. The Balaban J connectivity index is 1.62. The van der Waals surface area contributed by atoms with E-state index >= 15 is 0 Å². The summed E-state index contributed by atoms with van der Waals surface area (Å²) in [4.78, 5) is 4.43. The van der Waals surface area contributed by atoms with Gasteiger partial charge in [-0.05, 0) is 38.2 Å². The zero-order valence-corrected chi connectivity index (χ0v) is 16.9. The maximum Gasteiger partial charge on any atom is 0.191 e. The van der Waals surface area contributed by atoms with Crippen molar-refractivity contribution in [1.82, 2.24) is 10.6 Å². The van der Waals surface area contributed by atoms with Gasteiger partial charge in [-0.1, -0.05) is 42.7 Å². The maximum atomic E-state index is 9.41. The summed E-state index contributed by atoms with van der Waals surface area (Å²) in [7, 11) is 1.83. The van der Waals surface area contributed by atoms with E-state index in [0.717, 1.165) is 38.5 Å². The van der Waals surface area contributed by atoms with Crippen LogP contribution >= 0.6 is 0 Å². The highest BCUT2D eigenvalue weighted by molar-refractivity contribution is 5.79. The van der Waals surface area contributed by atoms with Crippen LogP contribution < -0.4 is 10.6 Å². The van der Waals surface area contributed by atoms with Crippen LogP contribution in [-0.2, 0) is 10.2 Å². The predicted molar refractivity (Wildman–Crippen MR) is 110 cm³/mol. The molecule has 5 heteroatoms. The third kappa shape index (κ3) is 4.82. The number of aliphatic imine (C=N–C) groups is 1. The molecule has 5 nitrogen and oxygen atoms in total. The highest BCUT2D eigenvalue weighted by atomic mass is 16.5. The fraction of sp³-hybridized carbons (Fsp3) is 0.682. The van der Waals surface area contributed by atoms with E-state index in [0.29, 0.717) is 6.61 Å². The number of hydrogen-bond acceptors (Lipinski definition) is 3. The molecule has 1 heterocycles. The van der Waals surface area contributed by atoms with Crippen molar-refractivity contribution in [1.29, 1.82) is 0 Å². The molecule has 2 aliphatic rings. The minimum absolute atomic E-state index is 0.0218. The lowest BCUT2D eigenvalue weighted by Gasteiger charge is -2.32. The summed E-state index contributed by atoms with van der Waals surface area (Å²) in [6.45, 7) is 5.55. The first-order chi connectivity index (χ1) is 13.1. The number of ether oxygens (including phenoxy) is 1. The normalized spacial score (nSPS) is 24.9. The van der Waals surface area contributed by atoms with Gasteiger partial charge >= 0.3 is 0 Å². The molecule has 1 aromatic carbocycles. The van der Waals surface area contributed by atoms with Crippen molar-refractivity contribution in [2.75, 3.05) is 40.0 Å². The van der Waals surface area contributed by atoms with Crippen molar-refractivity contribution in [2.24, 2.45) is 10.4 Å². The minimum atomic E-state index is 0.0218. The number of guanidine groups is 1. The highest BCUT2D eigenvalue weighted by Gasteiger charge is 2.37. The van der Waals surface area contributed by atoms with E-state index in [-0.39, 0.29) is 17.4 Å². The van der Waals surface area contributed by atoms with Crippen LogP contribution in [0.5, 0.6) is 0 Å². The number of aryl methyl sites for hydroxylation is 1. The summed E-state index contributed by atoms with van der Waals surface area (Å²) in [5.74, 6) is 0.846. The van der Waals surface area contributed by atoms with Gasteiger partial charge in [0.1, 0.15) is 0 Å². The van der Waals surface area contributed by atoms with Gasteiger partial charge in [0.2, 0.25) is 0 Å². The van der Waals surface area contributed by atoms with E-state index in [2.05, 4.69) is 46.8 Å². The maximum absolute atomic E-state index is 9.41. The monoisotopic (exact) mass is 373 g/mol. The number of rotatable bonds is 7. The molecule has 0 amide bonds. The molecule has 1 saturated heterocycles. The van der Waals surface area contributed by atoms with Crippen molar-refractivity contribution in [3.63, 3.8) is 0 Å². The van der Waals surface area contributed by atoms with Crippen LogP contribution in [0.15, 0.2) is 29.3 Å². The van der Waals surface area contributed by atoms with Gasteiger partial charge in [0.25, 0.3) is 0 Å². The van der Waals surface area contributed by atoms with Gasteiger partial charge in [0.15, 0.2) is 5.96 Å². The number of nitrogens with zero attached hydrogens (tertiary/aromatic N) is 1. The molecule has 3 rings (SSSR count). The zero-order chi connectivity index (χ0) is 19.2. The molecular weight excluding hydrogens is 338 g/mol. The Labute approximate surface area is 163 Å². The molecule has 0 bridgehead atoms. The average Bonchev–Trinajstić information content (AvgIpc) is 3.33. The molecule has 27 heavy (non-hydrogen) atoms. The third-order valence-corrected chi connectivity index (χ3v) is 6.47. The van der Waals surface area contributed by atoms with Crippen LogP contribution in [0, 0.1) is 12.3 Å². The third-order valence-electron chi connectivity index (χ3n) is 6.47. The average molecular weight is 374 g/mol. The van der Waals surface area contributed by atoms with Crippen molar-refractivity contribution >= 4 is 5.96 Å². The second-order valence-electron chi connectivity index (χ2n) is 8.41. The molecule has 1 aromatic rings. The molecule has 1 unspecified atom stereocenters. The van der Waals surface area contributed by atoms with E-state index in [1.165, 1.54) is 36.8 Å². The number of aliphatic hydroxyl groups is 1. The molecule has 1 saturated carbocycles.